The molecule has 2 heterocycles. The van der Waals surface area contributed by atoms with Crippen LogP contribution in [-0.4, -0.2) is 41.0 Å². The highest BCUT2D eigenvalue weighted by molar-refractivity contribution is 5.95. The first-order chi connectivity index (χ1) is 9.78. The van der Waals surface area contributed by atoms with Crippen molar-refractivity contribution < 1.29 is 9.53 Å². The number of rotatable bonds is 5. The van der Waals surface area contributed by atoms with Gasteiger partial charge in [0, 0.05) is 25.1 Å². The highest BCUT2D eigenvalue weighted by Crippen LogP contribution is 2.19. The van der Waals surface area contributed by atoms with Crippen LogP contribution in [0.1, 0.15) is 22.1 Å². The van der Waals surface area contributed by atoms with Crippen LogP contribution >= 0.6 is 0 Å². The number of hydrogen-bond acceptors (Lipinski definition) is 5. The third kappa shape index (κ3) is 2.42. The Hall–Kier alpha value is -2.21. The van der Waals surface area contributed by atoms with Gasteiger partial charge in [-0.25, -0.2) is 4.68 Å². The number of ether oxygens (including phenoxy) is 1. The summed E-state index contributed by atoms with van der Waals surface area (Å²) in [6, 6.07) is 7.82. The Morgan fingerprint density at radius 3 is 2.95 bits per heavy atom. The van der Waals surface area contributed by atoms with E-state index in [4.69, 9.17) is 4.74 Å². The number of nitrogens with one attached hydrogen (secondary N) is 1. The SMILES string of the molecule is COc1ccccc1CC(=O)c1cn(C2CNC2)nn1. The summed E-state index contributed by atoms with van der Waals surface area (Å²) in [6.45, 7) is 1.76. The van der Waals surface area contributed by atoms with Gasteiger partial charge >= 0.3 is 0 Å². The Morgan fingerprint density at radius 2 is 2.25 bits per heavy atom. The van der Waals surface area contributed by atoms with Crippen LogP contribution in [-0.2, 0) is 6.42 Å². The van der Waals surface area contributed by atoms with Crippen LogP contribution in [0.4, 0.5) is 0 Å². The zero-order valence-corrected chi connectivity index (χ0v) is 11.2. The summed E-state index contributed by atoms with van der Waals surface area (Å²) in [4.78, 5) is 12.2. The molecule has 0 atom stereocenters. The Bertz CT molecular complexity index is 619. The number of carbonyl (C=O) groups excluding carboxylic acids is 1. The van der Waals surface area contributed by atoms with E-state index in [1.165, 1.54) is 0 Å². The topological polar surface area (TPSA) is 69.0 Å². The molecule has 20 heavy (non-hydrogen) atoms. The smallest absolute Gasteiger partial charge is 0.189 e. The third-order valence-corrected chi connectivity index (χ3v) is 3.47. The molecule has 1 aliphatic rings. The highest BCUT2D eigenvalue weighted by Gasteiger charge is 2.22. The number of carbonyl (C=O) groups is 1. The number of hydrogen-bond donors (Lipinski definition) is 1. The van der Waals surface area contributed by atoms with Crippen LogP contribution in [0.5, 0.6) is 5.75 Å². The van der Waals surface area contributed by atoms with Gasteiger partial charge < -0.3 is 10.1 Å². The Balaban J connectivity index is 1.73. The van der Waals surface area contributed by atoms with E-state index in [2.05, 4.69) is 15.6 Å². The first-order valence-corrected chi connectivity index (χ1v) is 6.55. The molecule has 0 amide bonds. The lowest BCUT2D eigenvalue weighted by molar-refractivity contribution is 0.0987. The van der Waals surface area contributed by atoms with Gasteiger partial charge in [-0.2, -0.15) is 0 Å². The van der Waals surface area contributed by atoms with Crippen LogP contribution in [0.25, 0.3) is 0 Å². The predicted octanol–water partition coefficient (Wildman–Crippen LogP) is 0.856. The average Bonchev–Trinajstić information content (AvgIpc) is 2.87. The zero-order valence-electron chi connectivity index (χ0n) is 11.2. The monoisotopic (exact) mass is 272 g/mol. The summed E-state index contributed by atoms with van der Waals surface area (Å²) in [5, 5.41) is 11.1. The molecule has 1 aromatic carbocycles. The minimum absolute atomic E-state index is 0.0481. The molecule has 2 aromatic rings. The van der Waals surface area contributed by atoms with Gasteiger partial charge in [-0.15, -0.1) is 5.10 Å². The number of para-hydroxylation sites is 1. The molecule has 0 spiro atoms. The Labute approximate surface area is 116 Å². The van der Waals surface area contributed by atoms with Gasteiger partial charge in [0.25, 0.3) is 0 Å². The van der Waals surface area contributed by atoms with Crippen molar-refractivity contribution in [3.8, 4) is 5.75 Å². The molecule has 0 saturated carbocycles. The second-order valence-corrected chi connectivity index (χ2v) is 4.81. The summed E-state index contributed by atoms with van der Waals surface area (Å²) in [6.07, 6.45) is 1.99. The fourth-order valence-electron chi connectivity index (χ4n) is 2.16. The summed E-state index contributed by atoms with van der Waals surface area (Å²) in [7, 11) is 1.60. The van der Waals surface area contributed by atoms with Gasteiger partial charge in [0.05, 0.1) is 19.3 Å². The lowest BCUT2D eigenvalue weighted by atomic mass is 10.1. The molecule has 1 saturated heterocycles. The maximum absolute atomic E-state index is 12.2. The number of Topliss-reactive ketones (excluding diaryl/α,β-unsaturated/α-hetero) is 1. The molecule has 6 nitrogen and oxygen atoms in total. The molecule has 0 bridgehead atoms. The van der Waals surface area contributed by atoms with Crippen LogP contribution in [0.15, 0.2) is 30.5 Å². The molecule has 0 radical (unpaired) electrons. The number of ketones is 1. The van der Waals surface area contributed by atoms with Crippen LogP contribution in [0, 0.1) is 0 Å². The molecule has 1 aromatic heterocycles. The Kier molecular flexibility index (Phi) is 3.47. The number of methoxy groups -OCH3 is 1. The summed E-state index contributed by atoms with van der Waals surface area (Å²) < 4.78 is 7.01. The first kappa shape index (κ1) is 12.8. The standard InChI is InChI=1S/C14H16N4O2/c1-20-14-5-3-2-4-10(14)6-13(19)12-9-18(17-16-12)11-7-15-8-11/h2-5,9,11,15H,6-8H2,1H3. The summed E-state index contributed by atoms with van der Waals surface area (Å²) in [5.74, 6) is 0.671. The van der Waals surface area contributed by atoms with Crippen molar-refractivity contribution in [2.45, 2.75) is 12.5 Å². The average molecular weight is 272 g/mol. The van der Waals surface area contributed by atoms with Crippen LogP contribution < -0.4 is 10.1 Å². The predicted molar refractivity (Wildman–Crippen MR) is 73.0 cm³/mol. The van der Waals surface area contributed by atoms with Gasteiger partial charge in [-0.3, -0.25) is 4.79 Å². The molecule has 1 aliphatic heterocycles. The van der Waals surface area contributed by atoms with E-state index in [1.54, 1.807) is 18.0 Å². The van der Waals surface area contributed by atoms with Crippen LogP contribution in [0.2, 0.25) is 0 Å². The largest absolute Gasteiger partial charge is 0.496 e. The van der Waals surface area contributed by atoms with Crippen molar-refractivity contribution in [1.82, 2.24) is 20.3 Å². The van der Waals surface area contributed by atoms with E-state index in [-0.39, 0.29) is 12.2 Å². The second kappa shape index (κ2) is 5.42. The molecular formula is C14H16N4O2. The van der Waals surface area contributed by atoms with Gasteiger partial charge in [0.1, 0.15) is 11.4 Å². The molecule has 0 aliphatic carbocycles. The normalized spacial score (nSPS) is 14.8. The van der Waals surface area contributed by atoms with Gasteiger partial charge in [0.2, 0.25) is 0 Å². The minimum atomic E-state index is -0.0481. The van der Waals surface area contributed by atoms with E-state index in [0.29, 0.717) is 11.7 Å². The maximum Gasteiger partial charge on any atom is 0.189 e. The van der Waals surface area contributed by atoms with Crippen molar-refractivity contribution in [2.24, 2.45) is 0 Å². The molecule has 1 N–H and O–H groups in total. The molecule has 6 heteroatoms. The lowest BCUT2D eigenvalue weighted by Gasteiger charge is -2.26. The fraction of sp³-hybridized carbons (Fsp3) is 0.357. The number of aromatic nitrogens is 3. The minimum Gasteiger partial charge on any atom is -0.496 e. The lowest BCUT2D eigenvalue weighted by Crippen LogP contribution is -2.43. The van der Waals surface area contributed by atoms with Crippen molar-refractivity contribution in [1.29, 1.82) is 0 Å². The third-order valence-electron chi connectivity index (χ3n) is 3.47. The van der Waals surface area contributed by atoms with Crippen molar-refractivity contribution in [3.05, 3.63) is 41.7 Å². The first-order valence-electron chi connectivity index (χ1n) is 6.55. The quantitative estimate of drug-likeness (QED) is 0.817. The van der Waals surface area contributed by atoms with E-state index in [9.17, 15) is 4.79 Å². The van der Waals surface area contributed by atoms with Crippen LogP contribution in [0.3, 0.4) is 0 Å². The summed E-state index contributed by atoms with van der Waals surface area (Å²) in [5.41, 5.74) is 1.27. The maximum atomic E-state index is 12.2. The van der Waals surface area contributed by atoms with E-state index in [1.807, 2.05) is 24.3 Å². The molecular weight excluding hydrogens is 256 g/mol. The molecule has 0 unspecified atom stereocenters. The second-order valence-electron chi connectivity index (χ2n) is 4.81. The Morgan fingerprint density at radius 1 is 1.45 bits per heavy atom. The van der Waals surface area contributed by atoms with E-state index in [0.717, 1.165) is 24.4 Å². The van der Waals surface area contributed by atoms with Crippen molar-refractivity contribution in [3.63, 3.8) is 0 Å². The molecule has 104 valence electrons. The van der Waals surface area contributed by atoms with E-state index < -0.39 is 0 Å². The fourth-order valence-corrected chi connectivity index (χ4v) is 2.16. The molecule has 1 fully saturated rings. The molecule has 3 rings (SSSR count). The van der Waals surface area contributed by atoms with Crippen molar-refractivity contribution >= 4 is 5.78 Å². The highest BCUT2D eigenvalue weighted by atomic mass is 16.5. The van der Waals surface area contributed by atoms with Gasteiger partial charge in [0.15, 0.2) is 5.78 Å². The summed E-state index contributed by atoms with van der Waals surface area (Å²) >= 11 is 0. The van der Waals surface area contributed by atoms with Gasteiger partial charge in [-0.05, 0) is 6.07 Å². The number of benzene rings is 1. The van der Waals surface area contributed by atoms with Crippen molar-refractivity contribution in [2.75, 3.05) is 20.2 Å². The van der Waals surface area contributed by atoms with Gasteiger partial charge in [-0.1, -0.05) is 23.4 Å². The number of nitrogens with zero attached hydrogens (tertiary/aromatic N) is 3. The van der Waals surface area contributed by atoms with E-state index >= 15 is 0 Å². The zero-order chi connectivity index (χ0) is 13.9.